The highest BCUT2D eigenvalue weighted by Crippen LogP contribution is 2.26. The first kappa shape index (κ1) is 17.3. The molecule has 0 aliphatic heterocycles. The average molecular weight is 332 g/mol. The number of allylic oxidation sites excluding steroid dienone is 1. The molecule has 0 heterocycles. The molecule has 21 heavy (non-hydrogen) atoms. The Morgan fingerprint density at radius 2 is 1.95 bits per heavy atom. The number of hydrogen-bond donors (Lipinski definition) is 0. The maximum atomic E-state index is 12.0. The number of carbonyl (C=O) groups excluding carboxylic acids is 2. The predicted octanol–water partition coefficient (Wildman–Crippen LogP) is 2.90. The van der Waals surface area contributed by atoms with E-state index in [9.17, 15) is 9.59 Å². The molecule has 1 aromatic carbocycles. The van der Waals surface area contributed by atoms with Crippen LogP contribution in [0.5, 0.6) is 11.5 Å². The van der Waals surface area contributed by atoms with Gasteiger partial charge in [-0.05, 0) is 19.1 Å². The van der Waals surface area contributed by atoms with Gasteiger partial charge in [0.05, 0.1) is 20.8 Å². The van der Waals surface area contributed by atoms with Crippen LogP contribution in [-0.2, 0) is 16.1 Å². The third kappa shape index (κ3) is 4.37. The van der Waals surface area contributed by atoms with Gasteiger partial charge in [0.2, 0.25) is 6.41 Å². The Labute approximate surface area is 133 Å². The highest BCUT2D eigenvalue weighted by Gasteiger charge is 2.20. The number of rotatable bonds is 6. The van der Waals surface area contributed by atoms with Crippen molar-refractivity contribution in [2.45, 2.75) is 13.5 Å². The molecule has 0 saturated heterocycles. The van der Waals surface area contributed by atoms with Crippen LogP contribution in [-0.4, -0.2) is 31.4 Å². The number of nitrogens with zero attached hydrogens (tertiary/aromatic N) is 1. The minimum atomic E-state index is -0.669. The first-order valence-electron chi connectivity index (χ1n) is 5.93. The van der Waals surface area contributed by atoms with E-state index in [1.807, 2.05) is 0 Å². The molecule has 0 unspecified atom stereocenters. The summed E-state index contributed by atoms with van der Waals surface area (Å²) in [4.78, 5) is 24.0. The molecule has 0 atom stereocenters. The van der Waals surface area contributed by atoms with Crippen molar-refractivity contribution in [3.8, 4) is 11.5 Å². The topological polar surface area (TPSA) is 55.8 Å². The van der Waals surface area contributed by atoms with Crippen molar-refractivity contribution >= 4 is 35.5 Å². The first-order chi connectivity index (χ1) is 9.94. The molecular formula is C14H15Cl2NO4. The second kappa shape index (κ2) is 7.90. The largest absolute Gasteiger partial charge is 0.497 e. The lowest BCUT2D eigenvalue weighted by Gasteiger charge is -2.17. The van der Waals surface area contributed by atoms with Gasteiger partial charge in [0.1, 0.15) is 16.5 Å². The zero-order chi connectivity index (χ0) is 16.0. The Hall–Kier alpha value is -1.72. The molecule has 114 valence electrons. The summed E-state index contributed by atoms with van der Waals surface area (Å²) >= 11 is 11.4. The highest BCUT2D eigenvalue weighted by atomic mass is 35.5. The third-order valence-electron chi connectivity index (χ3n) is 2.71. The molecule has 0 aliphatic rings. The van der Waals surface area contributed by atoms with Gasteiger partial charge in [-0.1, -0.05) is 23.2 Å². The van der Waals surface area contributed by atoms with Crippen molar-refractivity contribution in [2.24, 2.45) is 0 Å². The van der Waals surface area contributed by atoms with Crippen LogP contribution in [0, 0.1) is 0 Å². The molecule has 0 spiro atoms. The number of hydrogen-bond acceptors (Lipinski definition) is 4. The van der Waals surface area contributed by atoms with Crippen LogP contribution in [0.2, 0.25) is 0 Å². The summed E-state index contributed by atoms with van der Waals surface area (Å²) in [6, 6.07) is 5.06. The van der Waals surface area contributed by atoms with Crippen molar-refractivity contribution in [3.05, 3.63) is 33.8 Å². The summed E-state index contributed by atoms with van der Waals surface area (Å²) in [6.45, 7) is 1.48. The number of amides is 2. The molecule has 0 bridgehead atoms. The van der Waals surface area contributed by atoms with Crippen LogP contribution >= 0.6 is 23.2 Å². The molecule has 0 saturated carbocycles. The van der Waals surface area contributed by atoms with E-state index in [4.69, 9.17) is 32.7 Å². The van der Waals surface area contributed by atoms with Crippen LogP contribution in [0.1, 0.15) is 12.5 Å². The van der Waals surface area contributed by atoms with E-state index in [0.717, 1.165) is 4.90 Å². The van der Waals surface area contributed by atoms with Crippen LogP contribution in [0.3, 0.4) is 0 Å². The maximum absolute atomic E-state index is 12.0. The van der Waals surface area contributed by atoms with Gasteiger partial charge >= 0.3 is 0 Å². The van der Waals surface area contributed by atoms with Gasteiger partial charge in [0, 0.05) is 16.7 Å². The van der Waals surface area contributed by atoms with Crippen LogP contribution in [0.25, 0.3) is 0 Å². The third-order valence-corrected chi connectivity index (χ3v) is 3.44. The zero-order valence-electron chi connectivity index (χ0n) is 11.9. The minimum Gasteiger partial charge on any atom is -0.497 e. The van der Waals surface area contributed by atoms with Crippen molar-refractivity contribution < 1.29 is 19.1 Å². The van der Waals surface area contributed by atoms with E-state index in [0.29, 0.717) is 23.5 Å². The average Bonchev–Trinajstić information content (AvgIpc) is 2.50. The van der Waals surface area contributed by atoms with E-state index in [1.54, 1.807) is 18.2 Å². The quantitative estimate of drug-likeness (QED) is 0.594. The molecule has 7 heteroatoms. The Bertz CT molecular complexity index is 568. The molecular weight excluding hydrogens is 317 g/mol. The van der Waals surface area contributed by atoms with E-state index in [2.05, 4.69) is 0 Å². The lowest BCUT2D eigenvalue weighted by atomic mass is 10.1. The van der Waals surface area contributed by atoms with Crippen LogP contribution in [0.15, 0.2) is 28.3 Å². The number of ether oxygens (including phenoxy) is 2. The fraction of sp³-hybridized carbons (Fsp3) is 0.286. The Morgan fingerprint density at radius 3 is 2.43 bits per heavy atom. The van der Waals surface area contributed by atoms with E-state index in [-0.39, 0.29) is 16.6 Å². The fourth-order valence-electron chi connectivity index (χ4n) is 1.60. The second-order valence-electron chi connectivity index (χ2n) is 4.06. The molecule has 2 amide bonds. The first-order valence-corrected chi connectivity index (χ1v) is 6.69. The smallest absolute Gasteiger partial charge is 0.273 e. The summed E-state index contributed by atoms with van der Waals surface area (Å²) in [6.07, 6.45) is 0.397. The molecule has 0 radical (unpaired) electrons. The Kier molecular flexibility index (Phi) is 6.52. The second-order valence-corrected chi connectivity index (χ2v) is 5.01. The number of methoxy groups -OCH3 is 2. The lowest BCUT2D eigenvalue weighted by molar-refractivity contribution is -0.135. The van der Waals surface area contributed by atoms with Crippen LogP contribution in [0.4, 0.5) is 0 Å². The summed E-state index contributed by atoms with van der Waals surface area (Å²) < 4.78 is 10.3. The van der Waals surface area contributed by atoms with Crippen molar-refractivity contribution in [1.29, 1.82) is 0 Å². The van der Waals surface area contributed by atoms with Gasteiger partial charge in [0.25, 0.3) is 5.91 Å². The van der Waals surface area contributed by atoms with Crippen molar-refractivity contribution in [1.82, 2.24) is 4.90 Å². The molecule has 1 rings (SSSR count). The molecule has 5 nitrogen and oxygen atoms in total. The predicted molar refractivity (Wildman–Crippen MR) is 80.6 cm³/mol. The summed E-state index contributed by atoms with van der Waals surface area (Å²) in [7, 11) is 3.02. The number of benzene rings is 1. The summed E-state index contributed by atoms with van der Waals surface area (Å²) in [5.74, 6) is 0.433. The molecule has 0 aliphatic carbocycles. The Morgan fingerprint density at radius 1 is 1.29 bits per heavy atom. The molecule has 0 aromatic heterocycles. The van der Waals surface area contributed by atoms with Crippen molar-refractivity contribution in [3.63, 3.8) is 0 Å². The van der Waals surface area contributed by atoms with Gasteiger partial charge in [-0.3, -0.25) is 14.5 Å². The van der Waals surface area contributed by atoms with E-state index < -0.39 is 5.91 Å². The standard InChI is InChI=1S/C14H15Cl2NO4/c1-9(15)13(16)14(19)17(8-18)7-10-4-5-11(20-2)6-12(10)21-3/h4-6,8H,7H2,1-3H3/b13-9-. The van der Waals surface area contributed by atoms with Gasteiger partial charge in [0.15, 0.2) is 0 Å². The van der Waals surface area contributed by atoms with E-state index >= 15 is 0 Å². The normalized spacial score (nSPS) is 11.5. The number of carbonyl (C=O) groups is 2. The monoisotopic (exact) mass is 331 g/mol. The summed E-state index contributed by atoms with van der Waals surface area (Å²) in [5.41, 5.74) is 0.635. The Balaban J connectivity index is 3.05. The highest BCUT2D eigenvalue weighted by molar-refractivity contribution is 6.48. The van der Waals surface area contributed by atoms with Gasteiger partial charge in [-0.15, -0.1) is 0 Å². The summed E-state index contributed by atoms with van der Waals surface area (Å²) in [5, 5.41) is -0.0774. The van der Waals surface area contributed by atoms with Gasteiger partial charge in [-0.25, -0.2) is 0 Å². The molecule has 1 aromatic rings. The van der Waals surface area contributed by atoms with Crippen molar-refractivity contribution in [2.75, 3.05) is 14.2 Å². The number of imide groups is 1. The lowest BCUT2D eigenvalue weighted by Crippen LogP contribution is -2.29. The number of halogens is 2. The maximum Gasteiger partial charge on any atom is 0.273 e. The SMILES string of the molecule is COc1ccc(CN(C=O)C(=O)/C(Cl)=C(\C)Cl)c(OC)c1. The fourth-order valence-corrected chi connectivity index (χ4v) is 1.79. The molecule has 0 N–H and O–H groups in total. The zero-order valence-corrected chi connectivity index (χ0v) is 13.4. The van der Waals surface area contributed by atoms with Gasteiger partial charge < -0.3 is 9.47 Å². The molecule has 0 fully saturated rings. The minimum absolute atomic E-state index is 0.00981. The van der Waals surface area contributed by atoms with E-state index in [1.165, 1.54) is 21.1 Å². The van der Waals surface area contributed by atoms with Crippen LogP contribution < -0.4 is 9.47 Å². The van der Waals surface area contributed by atoms with Gasteiger partial charge in [-0.2, -0.15) is 0 Å².